The Morgan fingerprint density at radius 3 is 2.61 bits per heavy atom. The fraction of sp³-hybridized carbons (Fsp3) is 0.464. The van der Waals surface area contributed by atoms with Gasteiger partial charge in [-0.05, 0) is 30.0 Å². The molecule has 0 aliphatic carbocycles. The smallest absolute Gasteiger partial charge is 0.414 e. The van der Waals surface area contributed by atoms with Crippen LogP contribution in [-0.4, -0.2) is 61.7 Å². The highest BCUT2D eigenvalue weighted by molar-refractivity contribution is 5.98. The summed E-state index contributed by atoms with van der Waals surface area (Å²) in [6, 6.07) is 11.7. The maximum atomic E-state index is 14.8. The van der Waals surface area contributed by atoms with E-state index in [1.165, 1.54) is 11.0 Å². The van der Waals surface area contributed by atoms with E-state index >= 15 is 0 Å². The fourth-order valence-electron chi connectivity index (χ4n) is 4.61. The number of ether oxygens (including phenoxy) is 2. The minimum Gasteiger partial charge on any atom is -0.756 e. The lowest BCUT2D eigenvalue weighted by Gasteiger charge is -2.30. The normalized spacial score (nSPS) is 19.5. The van der Waals surface area contributed by atoms with Gasteiger partial charge in [-0.15, -0.1) is 0 Å². The molecule has 1 N–H and O–H groups in total. The van der Waals surface area contributed by atoms with Crippen LogP contribution in [0.3, 0.4) is 0 Å². The van der Waals surface area contributed by atoms with Crippen molar-refractivity contribution in [3.63, 3.8) is 0 Å². The molecule has 2 aromatic rings. The Balaban J connectivity index is 1.26. The van der Waals surface area contributed by atoms with Crippen LogP contribution in [0.4, 0.5) is 14.9 Å². The van der Waals surface area contributed by atoms with Crippen LogP contribution in [0.25, 0.3) is 0 Å². The molecule has 0 saturated carbocycles. The highest BCUT2D eigenvalue weighted by Gasteiger charge is 2.34. The molecule has 4 rings (SSSR count). The number of amides is 2. The van der Waals surface area contributed by atoms with Gasteiger partial charge in [-0.2, -0.15) is 0 Å². The number of ketones is 1. The largest absolute Gasteiger partial charge is 0.756 e. The summed E-state index contributed by atoms with van der Waals surface area (Å²) in [6.07, 6.45) is -1.44. The van der Waals surface area contributed by atoms with Gasteiger partial charge in [0.2, 0.25) is 5.91 Å². The first-order valence-corrected chi connectivity index (χ1v) is 12.9. The van der Waals surface area contributed by atoms with Gasteiger partial charge in [0.1, 0.15) is 11.9 Å². The number of anilines is 1. The third-order valence-electron chi connectivity index (χ3n) is 6.58. The van der Waals surface area contributed by atoms with Crippen molar-refractivity contribution in [2.45, 2.75) is 45.3 Å². The molecule has 10 heteroatoms. The molecule has 2 saturated heterocycles. The van der Waals surface area contributed by atoms with Gasteiger partial charge >= 0.3 is 6.09 Å². The van der Waals surface area contributed by atoms with Crippen molar-refractivity contribution in [2.24, 2.45) is 5.92 Å². The highest BCUT2D eigenvalue weighted by Crippen LogP contribution is 2.28. The molecule has 0 spiro atoms. The van der Waals surface area contributed by atoms with E-state index in [1.807, 2.05) is 12.1 Å². The Labute approximate surface area is 221 Å². The zero-order valence-corrected chi connectivity index (χ0v) is 21.7. The molecule has 2 fully saturated rings. The molecule has 2 amide bonds. The molecule has 2 aliphatic rings. The Hall–Kier alpha value is -3.34. The second-order valence-electron chi connectivity index (χ2n) is 10.1. The molecule has 0 bridgehead atoms. The van der Waals surface area contributed by atoms with Gasteiger partial charge in [0.05, 0.1) is 24.9 Å². The van der Waals surface area contributed by atoms with Crippen LogP contribution in [-0.2, 0) is 20.7 Å². The summed E-state index contributed by atoms with van der Waals surface area (Å²) in [7, 11) is 0. The molecule has 2 heterocycles. The number of rotatable bonds is 10. The number of morpholine rings is 1. The summed E-state index contributed by atoms with van der Waals surface area (Å²) in [5, 5.41) is 15.7. The lowest BCUT2D eigenvalue weighted by Crippen LogP contribution is -2.35. The van der Waals surface area contributed by atoms with Crippen molar-refractivity contribution in [2.75, 3.05) is 37.7 Å². The number of carbonyl (C=O) groups is 3. The van der Waals surface area contributed by atoms with Gasteiger partial charge in [0, 0.05) is 43.6 Å². The van der Waals surface area contributed by atoms with E-state index in [1.54, 1.807) is 24.3 Å². The number of nitrogens with zero attached hydrogens (tertiary/aromatic N) is 2. The molecule has 0 radical (unpaired) electrons. The Morgan fingerprint density at radius 1 is 1.18 bits per heavy atom. The van der Waals surface area contributed by atoms with Crippen LogP contribution >= 0.6 is 0 Å². The number of halogens is 1. The quantitative estimate of drug-likeness (QED) is 0.368. The predicted octanol–water partition coefficient (Wildman–Crippen LogP) is 4.00. The van der Waals surface area contributed by atoms with Crippen LogP contribution in [0.1, 0.15) is 54.3 Å². The summed E-state index contributed by atoms with van der Waals surface area (Å²) in [5.41, 5.74) is 2.30. The Kier molecular flexibility index (Phi) is 9.09. The van der Waals surface area contributed by atoms with Crippen molar-refractivity contribution in [3.8, 4) is 0 Å². The molecule has 2 atom stereocenters. The van der Waals surface area contributed by atoms with E-state index in [9.17, 15) is 24.0 Å². The van der Waals surface area contributed by atoms with Gasteiger partial charge in [0.15, 0.2) is 5.78 Å². The van der Waals surface area contributed by atoms with Gasteiger partial charge < -0.3 is 25.1 Å². The number of hydrogen-bond acceptors (Lipinski definition) is 7. The van der Waals surface area contributed by atoms with E-state index in [-0.39, 0.29) is 42.5 Å². The van der Waals surface area contributed by atoms with Crippen LogP contribution in [0, 0.1) is 16.9 Å². The minimum absolute atomic E-state index is 0.00716. The van der Waals surface area contributed by atoms with Gasteiger partial charge in [0.25, 0.3) is 0 Å². The first-order chi connectivity index (χ1) is 18.2. The summed E-state index contributed by atoms with van der Waals surface area (Å²) < 4.78 is 25.6. The van der Waals surface area contributed by atoms with Crippen molar-refractivity contribution < 1.29 is 28.2 Å². The number of cyclic esters (lactones) is 1. The molecule has 204 valence electrons. The molecule has 38 heavy (non-hydrogen) atoms. The molecule has 0 aromatic heterocycles. The summed E-state index contributed by atoms with van der Waals surface area (Å²) in [5.74, 6) is -0.987. The Bertz CT molecular complexity index is 1150. The monoisotopic (exact) mass is 526 g/mol. The van der Waals surface area contributed by atoms with Crippen molar-refractivity contribution >= 4 is 23.5 Å². The summed E-state index contributed by atoms with van der Waals surface area (Å²) in [4.78, 5) is 38.4. The fourth-order valence-corrected chi connectivity index (χ4v) is 4.61. The SMILES string of the molecule is CC(C)Cc1ccc(C(=O)CCC(=O)N([O-])CC2CN(c3ccc(C4CNCCO4)c(F)c3)C(=O)O2)cc1. The van der Waals surface area contributed by atoms with Gasteiger partial charge in [-0.3, -0.25) is 14.5 Å². The second kappa shape index (κ2) is 12.5. The maximum absolute atomic E-state index is 14.8. The topological polar surface area (TPSA) is 111 Å². The van der Waals surface area contributed by atoms with Gasteiger partial charge in [-0.25, -0.2) is 9.18 Å². The maximum Gasteiger partial charge on any atom is 0.414 e. The standard InChI is InChI=1S/C28H33FN3O6/c1-18(2)13-19-3-5-20(6-4-19)25(33)9-10-27(34)32(36)17-22-16-31(28(35)38-22)21-7-8-23(24(29)14-21)26-15-30-11-12-37-26/h3-8,14,18,22,26,30H,9-13,15-17H2,1-2H3/q-1. The average Bonchev–Trinajstić information content (AvgIpc) is 3.27. The highest BCUT2D eigenvalue weighted by atomic mass is 19.1. The molecule has 2 unspecified atom stereocenters. The minimum atomic E-state index is -0.873. The first-order valence-electron chi connectivity index (χ1n) is 12.9. The molecule has 2 aromatic carbocycles. The lowest BCUT2D eigenvalue weighted by atomic mass is 9.99. The number of carbonyl (C=O) groups excluding carboxylic acids is 3. The summed E-state index contributed by atoms with van der Waals surface area (Å²) >= 11 is 0. The van der Waals surface area contributed by atoms with E-state index in [0.29, 0.717) is 36.7 Å². The van der Waals surface area contributed by atoms with Crippen molar-refractivity contribution in [1.29, 1.82) is 0 Å². The van der Waals surface area contributed by atoms with E-state index in [4.69, 9.17) is 9.47 Å². The average molecular weight is 527 g/mol. The molecule has 9 nitrogen and oxygen atoms in total. The van der Waals surface area contributed by atoms with Crippen LogP contribution < -0.4 is 10.2 Å². The molecular weight excluding hydrogens is 493 g/mol. The molecular formula is C28H33FN3O6-. The zero-order valence-electron chi connectivity index (χ0n) is 21.7. The van der Waals surface area contributed by atoms with Crippen LogP contribution in [0.5, 0.6) is 0 Å². The molecule has 2 aliphatic heterocycles. The number of hydrogen-bond donors (Lipinski definition) is 1. The van der Waals surface area contributed by atoms with Crippen molar-refractivity contribution in [1.82, 2.24) is 10.4 Å². The first kappa shape index (κ1) is 27.7. The zero-order chi connectivity index (χ0) is 27.2. The second-order valence-corrected chi connectivity index (χ2v) is 10.1. The van der Waals surface area contributed by atoms with Gasteiger partial charge in [-0.1, -0.05) is 44.2 Å². The van der Waals surface area contributed by atoms with E-state index < -0.39 is 30.0 Å². The van der Waals surface area contributed by atoms with Crippen LogP contribution in [0.2, 0.25) is 0 Å². The number of nitrogens with one attached hydrogen (secondary N) is 1. The third kappa shape index (κ3) is 6.94. The van der Waals surface area contributed by atoms with E-state index in [2.05, 4.69) is 19.2 Å². The Morgan fingerprint density at radius 2 is 1.95 bits per heavy atom. The lowest BCUT2D eigenvalue weighted by molar-refractivity contribution is -0.129. The number of hydroxylamine groups is 2. The number of Topliss-reactive ketones (excluding diaryl/α,β-unsaturated/α-hetero) is 1. The summed E-state index contributed by atoms with van der Waals surface area (Å²) in [6.45, 7) is 5.54. The third-order valence-corrected chi connectivity index (χ3v) is 6.58. The number of benzene rings is 2. The van der Waals surface area contributed by atoms with Crippen molar-refractivity contribution in [3.05, 3.63) is 70.2 Å². The van der Waals surface area contributed by atoms with E-state index in [0.717, 1.165) is 12.0 Å². The van der Waals surface area contributed by atoms with Crippen LogP contribution in [0.15, 0.2) is 42.5 Å². The predicted molar refractivity (Wildman–Crippen MR) is 139 cm³/mol.